The number of hydrogen-bond donors (Lipinski definition) is 2. The Kier molecular flexibility index (Phi) is 7.03. The van der Waals surface area contributed by atoms with Crippen LogP contribution in [0.3, 0.4) is 0 Å². The van der Waals surface area contributed by atoms with Gasteiger partial charge in [0.05, 0.1) is 18.7 Å². The number of carbonyl (C=O) groups is 2. The highest BCUT2D eigenvalue weighted by molar-refractivity contribution is 7.15. The molecule has 5 rings (SSSR count). The minimum Gasteiger partial charge on any atom is -0.507 e. The zero-order chi connectivity index (χ0) is 27.7. The largest absolute Gasteiger partial charge is 0.507 e. The molecule has 1 saturated heterocycles. The second kappa shape index (κ2) is 10.6. The van der Waals surface area contributed by atoms with Crippen LogP contribution in [0.4, 0.5) is 5.13 Å². The fourth-order valence-electron chi connectivity index (χ4n) is 4.39. The predicted molar refractivity (Wildman–Crippen MR) is 146 cm³/mol. The zero-order valence-electron chi connectivity index (χ0n) is 21.4. The minimum atomic E-state index is -1.02. The lowest BCUT2D eigenvalue weighted by molar-refractivity contribution is -0.132. The summed E-state index contributed by atoms with van der Waals surface area (Å²) < 4.78 is 11.1. The number of aryl methyl sites for hydroxylation is 2. The maximum atomic E-state index is 13.3. The molecule has 9 nitrogen and oxygen atoms in total. The summed E-state index contributed by atoms with van der Waals surface area (Å²) in [7, 11) is 1.40. The number of aliphatic hydroxyl groups is 1. The number of anilines is 1. The van der Waals surface area contributed by atoms with Gasteiger partial charge in [0.25, 0.3) is 5.78 Å². The Morgan fingerprint density at radius 1 is 1.03 bits per heavy atom. The number of aromatic nitrogens is 2. The predicted octanol–water partition coefficient (Wildman–Crippen LogP) is 5.07. The van der Waals surface area contributed by atoms with Gasteiger partial charge in [-0.3, -0.25) is 14.5 Å². The molecule has 1 fully saturated rings. The summed E-state index contributed by atoms with van der Waals surface area (Å²) in [6.07, 6.45) is 0. The number of phenols is 1. The summed E-state index contributed by atoms with van der Waals surface area (Å²) in [5.74, 6) is -1.42. The van der Waals surface area contributed by atoms with Crippen LogP contribution in [0.1, 0.15) is 33.3 Å². The Morgan fingerprint density at radius 3 is 2.44 bits per heavy atom. The number of benzene rings is 3. The van der Waals surface area contributed by atoms with Crippen LogP contribution < -0.4 is 14.4 Å². The van der Waals surface area contributed by atoms with Gasteiger partial charge in [-0.25, -0.2) is 0 Å². The highest BCUT2D eigenvalue weighted by Gasteiger charge is 2.48. The quantitative estimate of drug-likeness (QED) is 0.188. The lowest BCUT2D eigenvalue weighted by Gasteiger charge is -2.23. The lowest BCUT2D eigenvalue weighted by Crippen LogP contribution is -2.29. The molecular formula is C29H25N3O6S. The van der Waals surface area contributed by atoms with E-state index < -0.39 is 17.7 Å². The first-order valence-corrected chi connectivity index (χ1v) is 12.9. The van der Waals surface area contributed by atoms with E-state index in [-0.39, 0.29) is 28.0 Å². The molecule has 0 spiro atoms. The van der Waals surface area contributed by atoms with Gasteiger partial charge in [0.1, 0.15) is 23.1 Å². The maximum Gasteiger partial charge on any atom is 0.301 e. The molecule has 0 radical (unpaired) electrons. The molecule has 4 aromatic rings. The molecule has 198 valence electrons. The van der Waals surface area contributed by atoms with Gasteiger partial charge in [-0.1, -0.05) is 41.7 Å². The summed E-state index contributed by atoms with van der Waals surface area (Å²) in [4.78, 5) is 27.8. The van der Waals surface area contributed by atoms with Crippen molar-refractivity contribution in [2.24, 2.45) is 0 Å². The number of ether oxygens (including phenoxy) is 2. The number of methoxy groups -OCH3 is 1. The van der Waals surface area contributed by atoms with Gasteiger partial charge in [-0.15, -0.1) is 10.2 Å². The van der Waals surface area contributed by atoms with E-state index >= 15 is 0 Å². The van der Waals surface area contributed by atoms with Gasteiger partial charge >= 0.3 is 5.91 Å². The Balaban J connectivity index is 1.53. The third kappa shape index (κ3) is 4.94. The van der Waals surface area contributed by atoms with Crippen molar-refractivity contribution in [1.82, 2.24) is 10.2 Å². The number of ketones is 1. The van der Waals surface area contributed by atoms with Crippen LogP contribution in [0.5, 0.6) is 17.2 Å². The molecule has 0 bridgehead atoms. The molecule has 39 heavy (non-hydrogen) atoms. The molecule has 10 heteroatoms. The third-order valence-corrected chi connectivity index (χ3v) is 7.31. The molecule has 2 N–H and O–H groups in total. The molecule has 1 aliphatic rings. The Hall–Kier alpha value is -4.70. The van der Waals surface area contributed by atoms with Crippen molar-refractivity contribution >= 4 is 33.9 Å². The Bertz CT molecular complexity index is 1590. The Morgan fingerprint density at radius 2 is 1.77 bits per heavy atom. The van der Waals surface area contributed by atoms with Crippen LogP contribution in [-0.4, -0.2) is 39.2 Å². The Labute approximate surface area is 228 Å². The van der Waals surface area contributed by atoms with Crippen LogP contribution in [0.2, 0.25) is 0 Å². The van der Waals surface area contributed by atoms with Gasteiger partial charge in [0.15, 0.2) is 11.5 Å². The summed E-state index contributed by atoms with van der Waals surface area (Å²) in [5.41, 5.74) is 2.83. The number of carbonyl (C=O) groups excluding carboxylic acids is 2. The number of aromatic hydroxyl groups is 1. The van der Waals surface area contributed by atoms with Gasteiger partial charge < -0.3 is 19.7 Å². The van der Waals surface area contributed by atoms with Crippen molar-refractivity contribution < 1.29 is 29.3 Å². The molecule has 1 atom stereocenters. The van der Waals surface area contributed by atoms with Crippen LogP contribution in [0.25, 0.3) is 5.76 Å². The first kappa shape index (κ1) is 25.9. The molecule has 1 amide bonds. The van der Waals surface area contributed by atoms with E-state index in [1.54, 1.807) is 37.3 Å². The van der Waals surface area contributed by atoms with Crippen LogP contribution in [0, 0.1) is 13.8 Å². The highest BCUT2D eigenvalue weighted by atomic mass is 32.1. The molecule has 0 aliphatic carbocycles. The molecular weight excluding hydrogens is 518 g/mol. The zero-order valence-corrected chi connectivity index (χ0v) is 22.2. The molecule has 0 saturated carbocycles. The SMILES string of the molecule is COc1cc([C@@H]2C(=C(O)c3ccc(OCc4ccccc4C)cc3)C(=O)C(=O)N2c2nnc(C)s2)ccc1O. The fourth-order valence-corrected chi connectivity index (χ4v) is 5.10. The summed E-state index contributed by atoms with van der Waals surface area (Å²) in [5, 5.41) is 30.3. The highest BCUT2D eigenvalue weighted by Crippen LogP contribution is 2.44. The van der Waals surface area contributed by atoms with Gasteiger partial charge in [-0.2, -0.15) is 0 Å². The normalized spacial score (nSPS) is 16.5. The fraction of sp³-hybridized carbons (Fsp3) is 0.172. The number of aliphatic hydroxyl groups excluding tert-OH is 1. The van der Waals surface area contributed by atoms with Crippen molar-refractivity contribution in [2.75, 3.05) is 12.0 Å². The number of rotatable bonds is 7. The average Bonchev–Trinajstić information content (AvgIpc) is 3.48. The van der Waals surface area contributed by atoms with Crippen LogP contribution >= 0.6 is 11.3 Å². The topological polar surface area (TPSA) is 122 Å². The van der Waals surface area contributed by atoms with Crippen molar-refractivity contribution in [3.8, 4) is 17.2 Å². The average molecular weight is 544 g/mol. The van der Waals surface area contributed by atoms with E-state index in [1.807, 2.05) is 31.2 Å². The lowest BCUT2D eigenvalue weighted by atomic mass is 9.95. The third-order valence-electron chi connectivity index (χ3n) is 6.47. The van der Waals surface area contributed by atoms with Crippen molar-refractivity contribution in [3.05, 3.63) is 99.6 Å². The molecule has 0 unspecified atom stereocenters. The van der Waals surface area contributed by atoms with Crippen molar-refractivity contribution in [1.29, 1.82) is 0 Å². The van der Waals surface area contributed by atoms with E-state index in [0.717, 1.165) is 22.5 Å². The molecule has 1 aliphatic heterocycles. The monoisotopic (exact) mass is 543 g/mol. The smallest absolute Gasteiger partial charge is 0.301 e. The van der Waals surface area contributed by atoms with Crippen molar-refractivity contribution in [3.63, 3.8) is 0 Å². The second-order valence-corrected chi connectivity index (χ2v) is 10.1. The number of Topliss-reactive ketones (excluding diaryl/α,β-unsaturated/α-hetero) is 1. The minimum absolute atomic E-state index is 0.105. The van der Waals surface area contributed by atoms with E-state index in [1.165, 1.54) is 24.1 Å². The standard InChI is InChI=1S/C29H25N3O6S/c1-16-6-4-5-7-20(16)15-38-21-11-8-18(9-12-21)26(34)24-25(19-10-13-22(33)23(14-19)37-3)32(28(36)27(24)35)29-31-30-17(2)39-29/h4-14,25,33-34H,15H2,1-3H3/t25-/m1/s1. The number of amides is 1. The van der Waals surface area contributed by atoms with E-state index in [9.17, 15) is 19.8 Å². The van der Waals surface area contributed by atoms with E-state index in [0.29, 0.717) is 28.5 Å². The molecule has 2 heterocycles. The van der Waals surface area contributed by atoms with Gasteiger partial charge in [0.2, 0.25) is 5.13 Å². The van der Waals surface area contributed by atoms with Crippen LogP contribution in [0.15, 0.2) is 72.3 Å². The number of phenolic OH excluding ortho intramolecular Hbond substituents is 1. The number of nitrogens with zero attached hydrogens (tertiary/aromatic N) is 3. The van der Waals surface area contributed by atoms with Crippen LogP contribution in [-0.2, 0) is 16.2 Å². The van der Waals surface area contributed by atoms with Gasteiger partial charge in [-0.05, 0) is 66.9 Å². The maximum absolute atomic E-state index is 13.3. The summed E-state index contributed by atoms with van der Waals surface area (Å²) in [6, 6.07) is 18.0. The number of hydrogen-bond acceptors (Lipinski definition) is 9. The van der Waals surface area contributed by atoms with Gasteiger partial charge in [0, 0.05) is 5.56 Å². The summed E-state index contributed by atoms with van der Waals surface area (Å²) in [6.45, 7) is 4.13. The van der Waals surface area contributed by atoms with E-state index in [2.05, 4.69) is 10.2 Å². The second-order valence-electron chi connectivity index (χ2n) is 8.94. The first-order valence-electron chi connectivity index (χ1n) is 12.0. The van der Waals surface area contributed by atoms with Crippen molar-refractivity contribution in [2.45, 2.75) is 26.5 Å². The first-order chi connectivity index (χ1) is 18.8. The molecule has 1 aromatic heterocycles. The molecule has 3 aromatic carbocycles. The summed E-state index contributed by atoms with van der Waals surface area (Å²) >= 11 is 1.15. The van der Waals surface area contributed by atoms with E-state index in [4.69, 9.17) is 9.47 Å².